The van der Waals surface area contributed by atoms with Crippen LogP contribution in [0, 0.1) is 0 Å². The zero-order valence-corrected chi connectivity index (χ0v) is 12.4. The Kier molecular flexibility index (Phi) is 4.51. The van der Waals surface area contributed by atoms with Crippen LogP contribution in [0.25, 0.3) is 0 Å². The number of thiophene rings is 1. The SMILES string of the molecule is NNc1cc(C(F)(F)F)cc(NCc2sccc2Br)n1. The van der Waals surface area contributed by atoms with Gasteiger partial charge < -0.3 is 10.7 Å². The van der Waals surface area contributed by atoms with E-state index in [0.717, 1.165) is 21.5 Å². The van der Waals surface area contributed by atoms with Gasteiger partial charge in [-0.05, 0) is 39.5 Å². The molecule has 4 nitrogen and oxygen atoms in total. The summed E-state index contributed by atoms with van der Waals surface area (Å²) in [7, 11) is 0. The molecule has 0 aliphatic rings. The zero-order valence-electron chi connectivity index (χ0n) is 9.96. The third kappa shape index (κ3) is 3.62. The van der Waals surface area contributed by atoms with E-state index in [1.54, 1.807) is 0 Å². The van der Waals surface area contributed by atoms with Gasteiger partial charge in [-0.2, -0.15) is 13.2 Å². The first-order chi connectivity index (χ1) is 9.40. The van der Waals surface area contributed by atoms with Gasteiger partial charge >= 0.3 is 6.18 Å². The maximum Gasteiger partial charge on any atom is 0.416 e. The smallest absolute Gasteiger partial charge is 0.365 e. The first kappa shape index (κ1) is 15.1. The molecule has 4 N–H and O–H groups in total. The number of nitrogen functional groups attached to an aromatic ring is 1. The molecule has 108 valence electrons. The fourth-order valence-corrected chi connectivity index (χ4v) is 2.91. The van der Waals surface area contributed by atoms with Gasteiger partial charge in [0, 0.05) is 9.35 Å². The van der Waals surface area contributed by atoms with Crippen LogP contribution in [0.4, 0.5) is 24.8 Å². The van der Waals surface area contributed by atoms with Crippen molar-refractivity contribution in [3.63, 3.8) is 0 Å². The van der Waals surface area contributed by atoms with Crippen LogP contribution in [0.5, 0.6) is 0 Å². The molecule has 2 aromatic rings. The summed E-state index contributed by atoms with van der Waals surface area (Å²) in [5.74, 6) is 5.19. The number of hydrogen-bond acceptors (Lipinski definition) is 5. The molecule has 0 unspecified atom stereocenters. The molecule has 0 fully saturated rings. The van der Waals surface area contributed by atoms with E-state index < -0.39 is 11.7 Å². The first-order valence-electron chi connectivity index (χ1n) is 5.42. The molecule has 0 saturated heterocycles. The Hall–Kier alpha value is -1.32. The lowest BCUT2D eigenvalue weighted by molar-refractivity contribution is -0.137. The van der Waals surface area contributed by atoms with Gasteiger partial charge in [0.2, 0.25) is 0 Å². The molecule has 9 heteroatoms. The lowest BCUT2D eigenvalue weighted by atomic mass is 10.2. The van der Waals surface area contributed by atoms with Crippen molar-refractivity contribution in [1.82, 2.24) is 4.98 Å². The van der Waals surface area contributed by atoms with E-state index >= 15 is 0 Å². The molecule has 0 amide bonds. The number of rotatable bonds is 4. The summed E-state index contributed by atoms with van der Waals surface area (Å²) in [5, 5.41) is 4.73. The Morgan fingerprint density at radius 2 is 2.00 bits per heavy atom. The number of hydrazine groups is 1. The minimum Gasteiger partial charge on any atom is -0.365 e. The van der Waals surface area contributed by atoms with Crippen LogP contribution in [0.15, 0.2) is 28.1 Å². The number of anilines is 2. The van der Waals surface area contributed by atoms with Crippen molar-refractivity contribution >= 4 is 38.9 Å². The average molecular weight is 367 g/mol. The summed E-state index contributed by atoms with van der Waals surface area (Å²) >= 11 is 4.84. The molecule has 0 atom stereocenters. The Bertz CT molecular complexity index is 600. The van der Waals surface area contributed by atoms with Gasteiger partial charge in [-0.15, -0.1) is 11.3 Å². The highest BCUT2D eigenvalue weighted by atomic mass is 79.9. The van der Waals surface area contributed by atoms with E-state index in [9.17, 15) is 13.2 Å². The number of nitrogens with zero attached hydrogens (tertiary/aromatic N) is 1. The number of nitrogens with two attached hydrogens (primary N) is 1. The van der Waals surface area contributed by atoms with Crippen molar-refractivity contribution in [2.75, 3.05) is 10.7 Å². The number of halogens is 4. The first-order valence-corrected chi connectivity index (χ1v) is 7.09. The summed E-state index contributed by atoms with van der Waals surface area (Å²) < 4.78 is 39.1. The number of pyridine rings is 1. The second-order valence-corrected chi connectivity index (χ2v) is 5.67. The Labute approximate surface area is 125 Å². The van der Waals surface area contributed by atoms with Crippen LogP contribution in [-0.2, 0) is 12.7 Å². The monoisotopic (exact) mass is 366 g/mol. The predicted octanol–water partition coefficient (Wildman–Crippen LogP) is 3.82. The van der Waals surface area contributed by atoms with Gasteiger partial charge in [-0.3, -0.25) is 0 Å². The van der Waals surface area contributed by atoms with Crippen LogP contribution in [-0.4, -0.2) is 4.98 Å². The third-order valence-electron chi connectivity index (χ3n) is 2.42. The lowest BCUT2D eigenvalue weighted by Gasteiger charge is -2.12. The molecule has 0 aliphatic carbocycles. The summed E-state index contributed by atoms with van der Waals surface area (Å²) in [5.41, 5.74) is 1.31. The van der Waals surface area contributed by atoms with Gasteiger partial charge in [-0.25, -0.2) is 10.8 Å². The lowest BCUT2D eigenvalue weighted by Crippen LogP contribution is -2.13. The highest BCUT2D eigenvalue weighted by molar-refractivity contribution is 9.10. The van der Waals surface area contributed by atoms with Crippen LogP contribution >= 0.6 is 27.3 Å². The van der Waals surface area contributed by atoms with Crippen molar-refractivity contribution in [3.05, 3.63) is 38.5 Å². The molecule has 0 aromatic carbocycles. The Balaban J connectivity index is 2.21. The van der Waals surface area contributed by atoms with Gasteiger partial charge in [-0.1, -0.05) is 0 Å². The number of hydrogen-bond donors (Lipinski definition) is 3. The topological polar surface area (TPSA) is 63.0 Å². The normalized spacial score (nSPS) is 11.4. The van der Waals surface area contributed by atoms with Gasteiger partial charge in [0.1, 0.15) is 11.6 Å². The standard InChI is InChI=1S/C11H10BrF3N4S/c12-7-1-2-20-8(7)5-17-9-3-6(11(13,14)15)4-10(18-9)19-16/h1-4H,5,16H2,(H2,17,18,19). The molecule has 0 saturated carbocycles. The van der Waals surface area contributed by atoms with E-state index in [0.29, 0.717) is 6.54 Å². The van der Waals surface area contributed by atoms with Crippen molar-refractivity contribution in [2.45, 2.75) is 12.7 Å². The number of aromatic nitrogens is 1. The largest absolute Gasteiger partial charge is 0.416 e. The average Bonchev–Trinajstić information content (AvgIpc) is 2.80. The van der Waals surface area contributed by atoms with E-state index in [1.165, 1.54) is 11.3 Å². The molecule has 0 spiro atoms. The number of nitrogens with one attached hydrogen (secondary N) is 2. The third-order valence-corrected chi connectivity index (χ3v) is 4.35. The van der Waals surface area contributed by atoms with E-state index in [1.807, 2.05) is 11.4 Å². The quantitative estimate of drug-likeness (QED) is 0.568. The predicted molar refractivity (Wildman–Crippen MR) is 76.4 cm³/mol. The van der Waals surface area contributed by atoms with Crippen LogP contribution in [0.2, 0.25) is 0 Å². The van der Waals surface area contributed by atoms with E-state index in [2.05, 4.69) is 31.7 Å². The zero-order chi connectivity index (χ0) is 14.8. The second-order valence-electron chi connectivity index (χ2n) is 3.81. The maximum absolute atomic E-state index is 12.7. The van der Waals surface area contributed by atoms with E-state index in [-0.39, 0.29) is 11.6 Å². The molecule has 0 aliphatic heterocycles. The summed E-state index contributed by atoms with van der Waals surface area (Å²) in [6.45, 7) is 0.372. The summed E-state index contributed by atoms with van der Waals surface area (Å²) in [4.78, 5) is 4.90. The Morgan fingerprint density at radius 3 is 2.55 bits per heavy atom. The molecule has 2 rings (SSSR count). The van der Waals surface area contributed by atoms with Gasteiger partial charge in [0.15, 0.2) is 0 Å². The highest BCUT2D eigenvalue weighted by Gasteiger charge is 2.31. The number of alkyl halides is 3. The molecular formula is C11H10BrF3N4S. The summed E-state index contributed by atoms with van der Waals surface area (Å²) in [6, 6.07) is 3.67. The molecule has 2 heterocycles. The minimum atomic E-state index is -4.45. The summed E-state index contributed by atoms with van der Waals surface area (Å²) in [6.07, 6.45) is -4.45. The fourth-order valence-electron chi connectivity index (χ4n) is 1.48. The van der Waals surface area contributed by atoms with Crippen LogP contribution in [0.3, 0.4) is 0 Å². The van der Waals surface area contributed by atoms with Crippen LogP contribution in [0.1, 0.15) is 10.4 Å². The molecule has 0 bridgehead atoms. The van der Waals surface area contributed by atoms with Crippen LogP contribution < -0.4 is 16.6 Å². The molecule has 20 heavy (non-hydrogen) atoms. The fraction of sp³-hybridized carbons (Fsp3) is 0.182. The van der Waals surface area contributed by atoms with Crippen molar-refractivity contribution in [1.29, 1.82) is 0 Å². The van der Waals surface area contributed by atoms with E-state index in [4.69, 9.17) is 5.84 Å². The van der Waals surface area contributed by atoms with Gasteiger partial charge in [0.05, 0.1) is 12.1 Å². The molecular weight excluding hydrogens is 357 g/mol. The molecule has 2 aromatic heterocycles. The molecule has 0 radical (unpaired) electrons. The second kappa shape index (κ2) is 5.98. The Morgan fingerprint density at radius 1 is 1.30 bits per heavy atom. The highest BCUT2D eigenvalue weighted by Crippen LogP contribution is 2.32. The van der Waals surface area contributed by atoms with Crippen molar-refractivity contribution < 1.29 is 13.2 Å². The van der Waals surface area contributed by atoms with Crippen molar-refractivity contribution in [3.8, 4) is 0 Å². The van der Waals surface area contributed by atoms with Gasteiger partial charge in [0.25, 0.3) is 0 Å². The van der Waals surface area contributed by atoms with Crippen molar-refractivity contribution in [2.24, 2.45) is 5.84 Å². The minimum absolute atomic E-state index is 0.0485. The maximum atomic E-state index is 12.7.